The lowest BCUT2D eigenvalue weighted by molar-refractivity contribution is 0.245. The van der Waals surface area contributed by atoms with Gasteiger partial charge < -0.3 is 10.5 Å². The van der Waals surface area contributed by atoms with Crippen LogP contribution in [0.3, 0.4) is 0 Å². The molecule has 1 saturated carbocycles. The highest BCUT2D eigenvalue weighted by atomic mass is 35.5. The number of nitrogens with two attached hydrogens (primary N) is 1. The van der Waals surface area contributed by atoms with Crippen molar-refractivity contribution in [2.24, 2.45) is 11.7 Å². The van der Waals surface area contributed by atoms with Crippen LogP contribution in [0.5, 0.6) is 5.75 Å². The summed E-state index contributed by atoms with van der Waals surface area (Å²) in [5, 5.41) is 0.718. The zero-order valence-corrected chi connectivity index (χ0v) is 11.6. The van der Waals surface area contributed by atoms with E-state index >= 15 is 0 Å². The molecule has 100 valence electrons. The van der Waals surface area contributed by atoms with Crippen molar-refractivity contribution in [2.45, 2.75) is 45.1 Å². The van der Waals surface area contributed by atoms with Crippen LogP contribution in [0.4, 0.5) is 0 Å². The van der Waals surface area contributed by atoms with Gasteiger partial charge >= 0.3 is 0 Å². The van der Waals surface area contributed by atoms with Crippen molar-refractivity contribution in [2.75, 3.05) is 6.61 Å². The molecule has 2 rings (SSSR count). The highest BCUT2D eigenvalue weighted by molar-refractivity contribution is 6.30. The SMILES string of the molecule is NCc1cc(Cl)ccc1OCCC1CCCCC1. The number of benzene rings is 1. The van der Waals surface area contributed by atoms with Crippen LogP contribution in [0.2, 0.25) is 5.02 Å². The first kappa shape index (κ1) is 13.7. The molecule has 1 fully saturated rings. The molecule has 1 aromatic carbocycles. The van der Waals surface area contributed by atoms with Gasteiger partial charge in [-0.1, -0.05) is 43.7 Å². The van der Waals surface area contributed by atoms with Crippen LogP contribution in [0, 0.1) is 5.92 Å². The van der Waals surface area contributed by atoms with Gasteiger partial charge in [-0.25, -0.2) is 0 Å². The minimum absolute atomic E-state index is 0.472. The normalized spacial score (nSPS) is 16.8. The summed E-state index contributed by atoms with van der Waals surface area (Å²) in [6.07, 6.45) is 8.08. The van der Waals surface area contributed by atoms with Gasteiger partial charge in [0.25, 0.3) is 0 Å². The van der Waals surface area contributed by atoms with Crippen LogP contribution in [-0.2, 0) is 6.54 Å². The second-order valence-electron chi connectivity index (χ2n) is 5.10. The molecule has 0 amide bonds. The number of halogens is 1. The standard InChI is InChI=1S/C15H22ClNO/c16-14-6-7-15(13(10-14)11-17)18-9-8-12-4-2-1-3-5-12/h6-7,10,12H,1-5,8-9,11,17H2. The van der Waals surface area contributed by atoms with E-state index in [0.29, 0.717) is 6.54 Å². The van der Waals surface area contributed by atoms with Crippen LogP contribution in [0.1, 0.15) is 44.1 Å². The van der Waals surface area contributed by atoms with E-state index in [-0.39, 0.29) is 0 Å². The second-order valence-corrected chi connectivity index (χ2v) is 5.53. The summed E-state index contributed by atoms with van der Waals surface area (Å²) in [6, 6.07) is 5.67. The van der Waals surface area contributed by atoms with Crippen LogP contribution in [0.15, 0.2) is 18.2 Å². The molecule has 0 saturated heterocycles. The van der Waals surface area contributed by atoms with Gasteiger partial charge in [0, 0.05) is 17.1 Å². The summed E-state index contributed by atoms with van der Waals surface area (Å²) >= 11 is 5.94. The van der Waals surface area contributed by atoms with Crippen LogP contribution in [-0.4, -0.2) is 6.61 Å². The molecule has 0 atom stereocenters. The maximum Gasteiger partial charge on any atom is 0.123 e. The first-order chi connectivity index (χ1) is 8.79. The maximum absolute atomic E-state index is 5.94. The number of rotatable bonds is 5. The highest BCUT2D eigenvalue weighted by Crippen LogP contribution is 2.27. The summed E-state index contributed by atoms with van der Waals surface area (Å²) in [5.41, 5.74) is 6.69. The van der Waals surface area contributed by atoms with E-state index in [1.807, 2.05) is 18.2 Å². The van der Waals surface area contributed by atoms with Crippen LogP contribution in [0.25, 0.3) is 0 Å². The lowest BCUT2D eigenvalue weighted by Crippen LogP contribution is -2.11. The van der Waals surface area contributed by atoms with E-state index in [1.165, 1.54) is 32.1 Å². The molecule has 18 heavy (non-hydrogen) atoms. The van der Waals surface area contributed by atoms with E-state index in [9.17, 15) is 0 Å². The van der Waals surface area contributed by atoms with Crippen LogP contribution >= 0.6 is 11.6 Å². The molecular formula is C15H22ClNO. The lowest BCUT2D eigenvalue weighted by Gasteiger charge is -2.21. The molecule has 0 unspecified atom stereocenters. The van der Waals surface area contributed by atoms with Crippen molar-refractivity contribution >= 4 is 11.6 Å². The van der Waals surface area contributed by atoms with E-state index in [0.717, 1.165) is 35.3 Å². The van der Waals surface area contributed by atoms with E-state index in [4.69, 9.17) is 22.1 Å². The number of ether oxygens (including phenoxy) is 1. The Hall–Kier alpha value is -0.730. The minimum atomic E-state index is 0.472. The summed E-state index contributed by atoms with van der Waals surface area (Å²) in [6.45, 7) is 1.26. The van der Waals surface area contributed by atoms with Gasteiger partial charge in [0.2, 0.25) is 0 Å². The lowest BCUT2D eigenvalue weighted by atomic mass is 9.87. The monoisotopic (exact) mass is 267 g/mol. The topological polar surface area (TPSA) is 35.2 Å². The van der Waals surface area contributed by atoms with Crippen molar-refractivity contribution in [3.05, 3.63) is 28.8 Å². The van der Waals surface area contributed by atoms with E-state index in [2.05, 4.69) is 0 Å². The van der Waals surface area contributed by atoms with Gasteiger partial charge in [0.05, 0.1) is 6.61 Å². The first-order valence-electron chi connectivity index (χ1n) is 6.91. The molecule has 1 aromatic rings. The third-order valence-electron chi connectivity index (χ3n) is 3.75. The Bertz CT molecular complexity index is 375. The Morgan fingerprint density at radius 2 is 2.00 bits per heavy atom. The van der Waals surface area contributed by atoms with Gasteiger partial charge in [-0.15, -0.1) is 0 Å². The molecule has 0 radical (unpaired) electrons. The quantitative estimate of drug-likeness (QED) is 0.870. The van der Waals surface area contributed by atoms with Crippen molar-refractivity contribution in [1.29, 1.82) is 0 Å². The number of hydrogen-bond acceptors (Lipinski definition) is 2. The van der Waals surface area contributed by atoms with Crippen molar-refractivity contribution in [1.82, 2.24) is 0 Å². The largest absolute Gasteiger partial charge is 0.493 e. The molecule has 0 heterocycles. The fraction of sp³-hybridized carbons (Fsp3) is 0.600. The Labute approximate surface area is 114 Å². The molecular weight excluding hydrogens is 246 g/mol. The van der Waals surface area contributed by atoms with E-state index < -0.39 is 0 Å². The van der Waals surface area contributed by atoms with Crippen molar-refractivity contribution in [3.63, 3.8) is 0 Å². The first-order valence-corrected chi connectivity index (χ1v) is 7.28. The smallest absolute Gasteiger partial charge is 0.123 e. The van der Waals surface area contributed by atoms with Gasteiger partial charge in [-0.2, -0.15) is 0 Å². The summed E-state index contributed by atoms with van der Waals surface area (Å²) in [4.78, 5) is 0. The molecule has 1 aliphatic carbocycles. The second kappa shape index (κ2) is 7.01. The van der Waals surface area contributed by atoms with Crippen molar-refractivity contribution in [3.8, 4) is 5.75 Å². The number of hydrogen-bond donors (Lipinski definition) is 1. The Balaban J connectivity index is 1.82. The van der Waals surface area contributed by atoms with Crippen LogP contribution < -0.4 is 10.5 Å². The van der Waals surface area contributed by atoms with Gasteiger partial charge in [-0.05, 0) is 30.5 Å². The summed E-state index contributed by atoms with van der Waals surface area (Å²) in [7, 11) is 0. The zero-order valence-electron chi connectivity index (χ0n) is 10.8. The Morgan fingerprint density at radius 1 is 1.22 bits per heavy atom. The highest BCUT2D eigenvalue weighted by Gasteiger charge is 2.13. The summed E-state index contributed by atoms with van der Waals surface area (Å²) < 4.78 is 5.85. The molecule has 0 bridgehead atoms. The minimum Gasteiger partial charge on any atom is -0.493 e. The van der Waals surface area contributed by atoms with Gasteiger partial charge in [-0.3, -0.25) is 0 Å². The summed E-state index contributed by atoms with van der Waals surface area (Å²) in [5.74, 6) is 1.74. The molecule has 0 spiro atoms. The Kier molecular flexibility index (Phi) is 5.33. The zero-order chi connectivity index (χ0) is 12.8. The predicted molar refractivity (Wildman–Crippen MR) is 76.0 cm³/mol. The Morgan fingerprint density at radius 3 is 2.72 bits per heavy atom. The molecule has 1 aliphatic rings. The van der Waals surface area contributed by atoms with Gasteiger partial charge in [0.1, 0.15) is 5.75 Å². The molecule has 0 aliphatic heterocycles. The third kappa shape index (κ3) is 3.89. The van der Waals surface area contributed by atoms with Gasteiger partial charge in [0.15, 0.2) is 0 Å². The molecule has 2 nitrogen and oxygen atoms in total. The third-order valence-corrected chi connectivity index (χ3v) is 3.99. The fourth-order valence-corrected chi connectivity index (χ4v) is 2.85. The molecule has 3 heteroatoms. The fourth-order valence-electron chi connectivity index (χ4n) is 2.66. The maximum atomic E-state index is 5.94. The molecule has 2 N–H and O–H groups in total. The average Bonchev–Trinajstić information content (AvgIpc) is 2.41. The van der Waals surface area contributed by atoms with Crippen molar-refractivity contribution < 1.29 is 4.74 Å². The molecule has 0 aromatic heterocycles. The average molecular weight is 268 g/mol. The van der Waals surface area contributed by atoms with E-state index in [1.54, 1.807) is 0 Å². The predicted octanol–water partition coefficient (Wildman–Crippen LogP) is 4.15.